The molecule has 3 rings (SSSR count). The van der Waals surface area contributed by atoms with Crippen LogP contribution in [0.2, 0.25) is 0 Å². The van der Waals surface area contributed by atoms with Crippen LogP contribution in [0.5, 0.6) is 11.5 Å². The SMILES string of the molecule is CCOc1cc(C(CC(N)=O)N2C(=O)c3ccccc3C2=O)ccc1OC. The zero-order chi connectivity index (χ0) is 19.6. The van der Waals surface area contributed by atoms with Crippen LogP contribution in [-0.4, -0.2) is 36.3 Å². The largest absolute Gasteiger partial charge is 0.493 e. The molecule has 0 saturated heterocycles. The van der Waals surface area contributed by atoms with Crippen molar-refractivity contribution in [3.05, 3.63) is 59.2 Å². The van der Waals surface area contributed by atoms with Crippen molar-refractivity contribution in [1.82, 2.24) is 4.90 Å². The van der Waals surface area contributed by atoms with Gasteiger partial charge in [-0.05, 0) is 36.8 Å². The minimum atomic E-state index is -0.833. The molecule has 1 aliphatic rings. The monoisotopic (exact) mass is 368 g/mol. The third-order valence-corrected chi connectivity index (χ3v) is 4.40. The number of primary amides is 1. The minimum Gasteiger partial charge on any atom is -0.493 e. The number of nitrogens with two attached hydrogens (primary N) is 1. The number of carbonyl (C=O) groups excluding carboxylic acids is 3. The molecule has 2 aromatic rings. The van der Waals surface area contributed by atoms with Crippen LogP contribution in [-0.2, 0) is 4.79 Å². The van der Waals surface area contributed by atoms with E-state index in [1.165, 1.54) is 7.11 Å². The van der Waals surface area contributed by atoms with Gasteiger partial charge in [0.1, 0.15) is 0 Å². The lowest BCUT2D eigenvalue weighted by molar-refractivity contribution is -0.118. The second kappa shape index (κ2) is 7.49. The molecular formula is C20H20N2O5. The molecule has 2 aromatic carbocycles. The van der Waals surface area contributed by atoms with Crippen LogP contribution >= 0.6 is 0 Å². The number of imide groups is 1. The van der Waals surface area contributed by atoms with Gasteiger partial charge < -0.3 is 15.2 Å². The molecule has 7 nitrogen and oxygen atoms in total. The van der Waals surface area contributed by atoms with E-state index in [-0.39, 0.29) is 6.42 Å². The summed E-state index contributed by atoms with van der Waals surface area (Å²) in [6.07, 6.45) is -0.191. The number of benzene rings is 2. The molecule has 0 fully saturated rings. The summed E-state index contributed by atoms with van der Waals surface area (Å²) in [7, 11) is 1.52. The standard InChI is InChI=1S/C20H20N2O5/c1-3-27-17-10-12(8-9-16(17)26-2)15(11-18(21)23)22-19(24)13-6-4-5-7-14(13)20(22)25/h4-10,15H,3,11H2,1-2H3,(H2,21,23). The van der Waals surface area contributed by atoms with Crippen molar-refractivity contribution < 1.29 is 23.9 Å². The molecule has 0 saturated carbocycles. The highest BCUT2D eigenvalue weighted by Gasteiger charge is 2.41. The minimum absolute atomic E-state index is 0.191. The Morgan fingerprint density at radius 2 is 1.70 bits per heavy atom. The molecule has 0 radical (unpaired) electrons. The van der Waals surface area contributed by atoms with E-state index in [2.05, 4.69) is 0 Å². The number of rotatable bonds is 7. The van der Waals surface area contributed by atoms with Gasteiger partial charge in [0.25, 0.3) is 11.8 Å². The third kappa shape index (κ3) is 3.36. The van der Waals surface area contributed by atoms with Gasteiger partial charge in [-0.1, -0.05) is 18.2 Å². The molecule has 3 amide bonds. The highest BCUT2D eigenvalue weighted by Crippen LogP contribution is 2.37. The van der Waals surface area contributed by atoms with E-state index in [1.54, 1.807) is 42.5 Å². The topological polar surface area (TPSA) is 98.9 Å². The van der Waals surface area contributed by atoms with Crippen LogP contribution in [0.25, 0.3) is 0 Å². The summed E-state index contributed by atoms with van der Waals surface area (Å²) in [5.41, 5.74) is 6.60. The van der Waals surface area contributed by atoms with Crippen LogP contribution in [0.3, 0.4) is 0 Å². The first kappa shape index (κ1) is 18.4. The Bertz CT molecular complexity index is 874. The van der Waals surface area contributed by atoms with Crippen molar-refractivity contribution in [1.29, 1.82) is 0 Å². The van der Waals surface area contributed by atoms with E-state index < -0.39 is 23.8 Å². The molecular weight excluding hydrogens is 348 g/mol. The number of hydrogen-bond acceptors (Lipinski definition) is 5. The van der Waals surface area contributed by atoms with Gasteiger partial charge in [0.05, 0.1) is 37.3 Å². The summed E-state index contributed by atoms with van der Waals surface area (Å²) in [4.78, 5) is 38.4. The molecule has 1 atom stereocenters. The summed E-state index contributed by atoms with van der Waals surface area (Å²) in [5, 5.41) is 0. The van der Waals surface area contributed by atoms with Crippen molar-refractivity contribution in [2.75, 3.05) is 13.7 Å². The van der Waals surface area contributed by atoms with E-state index in [0.29, 0.717) is 34.8 Å². The predicted molar refractivity (Wildman–Crippen MR) is 97.7 cm³/mol. The maximum Gasteiger partial charge on any atom is 0.262 e. The fourth-order valence-electron chi connectivity index (χ4n) is 3.21. The van der Waals surface area contributed by atoms with Gasteiger partial charge in [0.15, 0.2) is 11.5 Å². The van der Waals surface area contributed by atoms with Crippen molar-refractivity contribution in [2.45, 2.75) is 19.4 Å². The lowest BCUT2D eigenvalue weighted by Gasteiger charge is -2.26. The normalized spacial score (nSPS) is 14.1. The average molecular weight is 368 g/mol. The predicted octanol–water partition coefficient (Wildman–Crippen LogP) is 2.31. The number of hydrogen-bond donors (Lipinski definition) is 1. The van der Waals surface area contributed by atoms with Crippen molar-refractivity contribution in [3.63, 3.8) is 0 Å². The van der Waals surface area contributed by atoms with Gasteiger partial charge in [-0.25, -0.2) is 0 Å². The molecule has 2 N–H and O–H groups in total. The molecule has 7 heteroatoms. The van der Waals surface area contributed by atoms with Gasteiger partial charge >= 0.3 is 0 Å². The summed E-state index contributed by atoms with van der Waals surface area (Å²) >= 11 is 0. The van der Waals surface area contributed by atoms with E-state index >= 15 is 0 Å². The van der Waals surface area contributed by atoms with Crippen LogP contribution in [0.1, 0.15) is 45.7 Å². The molecule has 0 aliphatic carbocycles. The van der Waals surface area contributed by atoms with Crippen LogP contribution < -0.4 is 15.2 Å². The average Bonchev–Trinajstić information content (AvgIpc) is 2.91. The van der Waals surface area contributed by atoms with Gasteiger partial charge in [-0.2, -0.15) is 0 Å². The maximum absolute atomic E-state index is 12.8. The first-order chi connectivity index (χ1) is 13.0. The van der Waals surface area contributed by atoms with Gasteiger partial charge in [0.2, 0.25) is 5.91 Å². The van der Waals surface area contributed by atoms with Gasteiger partial charge in [-0.15, -0.1) is 0 Å². The summed E-state index contributed by atoms with van der Waals surface area (Å²) in [6.45, 7) is 2.24. The van der Waals surface area contributed by atoms with E-state index in [1.807, 2.05) is 6.92 Å². The van der Waals surface area contributed by atoms with E-state index in [4.69, 9.17) is 15.2 Å². The van der Waals surface area contributed by atoms with Crippen LogP contribution in [0.15, 0.2) is 42.5 Å². The molecule has 140 valence electrons. The Labute approximate surface area is 156 Å². The highest BCUT2D eigenvalue weighted by atomic mass is 16.5. The van der Waals surface area contributed by atoms with Crippen molar-refractivity contribution in [3.8, 4) is 11.5 Å². The maximum atomic E-state index is 12.8. The first-order valence-electron chi connectivity index (χ1n) is 8.53. The number of methoxy groups -OCH3 is 1. The Kier molecular flexibility index (Phi) is 5.12. The third-order valence-electron chi connectivity index (χ3n) is 4.40. The zero-order valence-corrected chi connectivity index (χ0v) is 15.1. The summed E-state index contributed by atoms with van der Waals surface area (Å²) < 4.78 is 10.8. The second-order valence-electron chi connectivity index (χ2n) is 6.06. The molecule has 0 bridgehead atoms. The fraction of sp³-hybridized carbons (Fsp3) is 0.250. The Balaban J connectivity index is 2.06. The number of amides is 3. The Hall–Kier alpha value is -3.35. The van der Waals surface area contributed by atoms with Crippen molar-refractivity contribution >= 4 is 17.7 Å². The summed E-state index contributed by atoms with van der Waals surface area (Å²) in [6, 6.07) is 10.8. The lowest BCUT2D eigenvalue weighted by atomic mass is 10.0. The van der Waals surface area contributed by atoms with E-state index in [0.717, 1.165) is 4.90 Å². The van der Waals surface area contributed by atoms with Crippen LogP contribution in [0.4, 0.5) is 0 Å². The van der Waals surface area contributed by atoms with Crippen molar-refractivity contribution in [2.24, 2.45) is 5.73 Å². The smallest absolute Gasteiger partial charge is 0.262 e. The number of nitrogens with zero attached hydrogens (tertiary/aromatic N) is 1. The highest BCUT2D eigenvalue weighted by molar-refractivity contribution is 6.21. The molecule has 0 spiro atoms. The molecule has 0 aromatic heterocycles. The van der Waals surface area contributed by atoms with E-state index in [9.17, 15) is 14.4 Å². The van der Waals surface area contributed by atoms with Gasteiger partial charge in [-0.3, -0.25) is 19.3 Å². The zero-order valence-electron chi connectivity index (χ0n) is 15.1. The Morgan fingerprint density at radius 3 is 2.22 bits per heavy atom. The Morgan fingerprint density at radius 1 is 1.07 bits per heavy atom. The number of carbonyl (C=O) groups is 3. The van der Waals surface area contributed by atoms with Gasteiger partial charge in [0, 0.05) is 0 Å². The second-order valence-corrected chi connectivity index (χ2v) is 6.06. The summed E-state index contributed by atoms with van der Waals surface area (Å²) in [5.74, 6) is -0.541. The van der Waals surface area contributed by atoms with Crippen LogP contribution in [0, 0.1) is 0 Å². The molecule has 1 heterocycles. The molecule has 27 heavy (non-hydrogen) atoms. The fourth-order valence-corrected chi connectivity index (χ4v) is 3.21. The first-order valence-corrected chi connectivity index (χ1v) is 8.53. The molecule has 1 unspecified atom stereocenters. The quantitative estimate of drug-likeness (QED) is 0.756. The number of ether oxygens (including phenoxy) is 2. The molecule has 1 aliphatic heterocycles. The number of fused-ring (bicyclic) bond motifs is 1. The lowest BCUT2D eigenvalue weighted by Crippen LogP contribution is -2.36.